The molecule has 32 heavy (non-hydrogen) atoms. The molecule has 1 unspecified atom stereocenters. The first-order valence-electron chi connectivity index (χ1n) is 10.3. The van der Waals surface area contributed by atoms with E-state index in [1.54, 1.807) is 6.20 Å². The van der Waals surface area contributed by atoms with E-state index in [2.05, 4.69) is 19.4 Å². The minimum atomic E-state index is -1.10. The summed E-state index contributed by atoms with van der Waals surface area (Å²) < 4.78 is 16.9. The van der Waals surface area contributed by atoms with Crippen LogP contribution in [0.5, 0.6) is 0 Å². The Kier molecular flexibility index (Phi) is 6.56. The Balaban J connectivity index is 1.63. The van der Waals surface area contributed by atoms with Crippen molar-refractivity contribution in [2.45, 2.75) is 28.7 Å². The molecule has 166 valence electrons. The topological polar surface area (TPSA) is 113 Å². The number of rotatable bonds is 7. The second kappa shape index (κ2) is 9.56. The molecule has 1 atom stereocenters. The van der Waals surface area contributed by atoms with Crippen LogP contribution in [-0.4, -0.2) is 47.7 Å². The largest absolute Gasteiger partial charge is 0.396 e. The van der Waals surface area contributed by atoms with Crippen molar-refractivity contribution in [2.24, 2.45) is 4.99 Å². The van der Waals surface area contributed by atoms with E-state index >= 15 is 0 Å². The second-order valence-corrected chi connectivity index (χ2v) is 12.7. The lowest BCUT2D eigenvalue weighted by Crippen LogP contribution is -2.23. The summed E-state index contributed by atoms with van der Waals surface area (Å²) in [5, 5.41) is 13.2. The Labute approximate surface area is 202 Å². The van der Waals surface area contributed by atoms with Crippen LogP contribution in [0.15, 0.2) is 43.7 Å². The van der Waals surface area contributed by atoms with Crippen molar-refractivity contribution in [3.05, 3.63) is 40.2 Å². The van der Waals surface area contributed by atoms with Gasteiger partial charge in [0.05, 0.1) is 34.5 Å². The minimum absolute atomic E-state index is 0.0787. The van der Waals surface area contributed by atoms with Crippen molar-refractivity contribution in [1.29, 1.82) is 0 Å². The van der Waals surface area contributed by atoms with Crippen LogP contribution in [0.4, 0.5) is 5.69 Å². The maximum Gasteiger partial charge on any atom is 0.138 e. The van der Waals surface area contributed by atoms with Gasteiger partial charge in [-0.2, -0.15) is 0 Å². The fraction of sp³-hybridized carbons (Fsp3) is 0.273. The van der Waals surface area contributed by atoms with Crippen LogP contribution in [0.1, 0.15) is 25.0 Å². The number of aliphatic hydroxyl groups is 1. The van der Waals surface area contributed by atoms with Gasteiger partial charge in [-0.1, -0.05) is 33.2 Å². The fourth-order valence-corrected chi connectivity index (χ4v) is 8.63. The number of nitrogens with one attached hydrogen (secondary N) is 1. The number of aliphatic hydroxyl groups excluding tert-OH is 1. The van der Waals surface area contributed by atoms with Gasteiger partial charge in [0, 0.05) is 40.7 Å². The van der Waals surface area contributed by atoms with Crippen molar-refractivity contribution in [2.75, 3.05) is 18.9 Å². The Bertz CT molecular complexity index is 1280. The highest BCUT2D eigenvalue weighted by molar-refractivity contribution is 14.2. The summed E-state index contributed by atoms with van der Waals surface area (Å²) in [4.78, 5) is 14.8. The van der Waals surface area contributed by atoms with Gasteiger partial charge >= 0.3 is 0 Å². The SMILES string of the molecule is Nc1c(S(=O)C2CCC2)sc2nc(C3=CI=C(NCCO)N=C3)cc(-c3ccccn3)c12. The molecule has 1 aliphatic heterocycles. The summed E-state index contributed by atoms with van der Waals surface area (Å²) in [5.74, 6) is 0. The molecule has 0 spiro atoms. The molecule has 4 heterocycles. The first-order chi connectivity index (χ1) is 15.7. The van der Waals surface area contributed by atoms with Gasteiger partial charge in [-0.3, -0.25) is 14.5 Å². The monoisotopic (exact) mass is 579 g/mol. The van der Waals surface area contributed by atoms with Gasteiger partial charge in [0.2, 0.25) is 0 Å². The number of thiophene rings is 1. The highest BCUT2D eigenvalue weighted by Crippen LogP contribution is 2.43. The molecule has 3 aromatic rings. The van der Waals surface area contributed by atoms with Gasteiger partial charge in [0.15, 0.2) is 0 Å². The molecule has 0 radical (unpaired) electrons. The van der Waals surface area contributed by atoms with Crippen molar-refractivity contribution < 1.29 is 9.32 Å². The maximum absolute atomic E-state index is 13.1. The number of fused-ring (bicyclic) bond motifs is 1. The van der Waals surface area contributed by atoms with Gasteiger partial charge < -0.3 is 10.8 Å². The van der Waals surface area contributed by atoms with Crippen LogP contribution in [0, 0.1) is 0 Å². The number of hydrogen-bond donors (Lipinski definition) is 3. The lowest BCUT2D eigenvalue weighted by Gasteiger charge is -2.23. The van der Waals surface area contributed by atoms with Gasteiger partial charge in [0.1, 0.15) is 12.8 Å². The van der Waals surface area contributed by atoms with Crippen molar-refractivity contribution in [3.63, 3.8) is 0 Å². The zero-order valence-electron chi connectivity index (χ0n) is 17.1. The number of nitrogens with zero attached hydrogens (tertiary/aromatic N) is 3. The first kappa shape index (κ1) is 22.0. The summed E-state index contributed by atoms with van der Waals surface area (Å²) in [6, 6.07) is 7.80. The molecule has 10 heteroatoms. The summed E-state index contributed by atoms with van der Waals surface area (Å²) >= 11 is 0.991. The van der Waals surface area contributed by atoms with E-state index in [0.717, 1.165) is 60.0 Å². The van der Waals surface area contributed by atoms with E-state index in [0.29, 0.717) is 12.2 Å². The third kappa shape index (κ3) is 4.21. The smallest absolute Gasteiger partial charge is 0.138 e. The molecule has 7 nitrogen and oxygen atoms in total. The van der Waals surface area contributed by atoms with Crippen molar-refractivity contribution in [3.8, 4) is 11.3 Å². The van der Waals surface area contributed by atoms with Crippen LogP contribution in [-0.2, 0) is 10.8 Å². The molecule has 1 aliphatic carbocycles. The molecule has 0 bridgehead atoms. The zero-order chi connectivity index (χ0) is 22.1. The molecular weight excluding hydrogens is 557 g/mol. The van der Waals surface area contributed by atoms with Gasteiger partial charge in [-0.25, -0.2) is 9.98 Å². The second-order valence-electron chi connectivity index (χ2n) is 7.48. The van der Waals surface area contributed by atoms with Crippen LogP contribution in [0.2, 0.25) is 0 Å². The zero-order valence-corrected chi connectivity index (χ0v) is 20.9. The van der Waals surface area contributed by atoms with E-state index in [-0.39, 0.29) is 11.9 Å². The summed E-state index contributed by atoms with van der Waals surface area (Å²) in [7, 11) is -1.10. The molecule has 0 aromatic carbocycles. The Morgan fingerprint density at radius 3 is 2.84 bits per heavy atom. The van der Waals surface area contributed by atoms with Crippen molar-refractivity contribution >= 4 is 74.3 Å². The number of hydrogen-bond acceptors (Lipinski definition) is 8. The minimum Gasteiger partial charge on any atom is -0.396 e. The number of halogens is 1. The van der Waals surface area contributed by atoms with Gasteiger partial charge in [-0.05, 0) is 35.1 Å². The standard InChI is InChI=1S/C22H22IN5O2S2/c24-19-18-15(16-6-1-2-7-25-16)10-17(13-11-23-22(27-12-13)26-8-9-29)28-20(18)31-21(19)32(30)14-4-3-5-14/h1-2,6-7,10-12,14,29H,3-5,8-9,24H2,(H,26,27). The molecule has 2 aliphatic rings. The maximum atomic E-state index is 13.1. The van der Waals surface area contributed by atoms with Crippen LogP contribution < -0.4 is 11.1 Å². The summed E-state index contributed by atoms with van der Waals surface area (Å²) in [6.45, 7) is 0.578. The molecule has 1 fully saturated rings. The normalized spacial score (nSPS) is 17.4. The fourth-order valence-electron chi connectivity index (χ4n) is 3.52. The third-order valence-electron chi connectivity index (χ3n) is 5.41. The number of nitrogen functional groups attached to an aromatic ring is 1. The third-order valence-corrected chi connectivity index (χ3v) is 10.9. The van der Waals surface area contributed by atoms with Crippen LogP contribution >= 0.6 is 32.1 Å². The number of nitrogens with two attached hydrogens (primary N) is 1. The quantitative estimate of drug-likeness (QED) is 0.369. The Morgan fingerprint density at radius 2 is 2.19 bits per heavy atom. The van der Waals surface area contributed by atoms with Gasteiger partial charge in [0.25, 0.3) is 0 Å². The molecule has 0 amide bonds. The number of aliphatic imine (C=N–C) groups is 1. The highest BCUT2D eigenvalue weighted by Gasteiger charge is 2.29. The average Bonchev–Trinajstić information content (AvgIpc) is 3.13. The number of aromatic nitrogens is 2. The number of pyridine rings is 2. The lowest BCUT2D eigenvalue weighted by molar-refractivity contribution is 0.300. The van der Waals surface area contributed by atoms with Crippen molar-refractivity contribution in [1.82, 2.24) is 15.3 Å². The summed E-state index contributed by atoms with van der Waals surface area (Å²) in [6.07, 6.45) is 6.68. The molecule has 4 N–H and O–H groups in total. The van der Waals surface area contributed by atoms with Gasteiger partial charge in [-0.15, -0.1) is 11.3 Å². The van der Waals surface area contributed by atoms with Crippen LogP contribution in [0.25, 0.3) is 27.0 Å². The van der Waals surface area contributed by atoms with Crippen LogP contribution in [0.3, 0.4) is 0 Å². The molecule has 1 saturated carbocycles. The number of anilines is 1. The van der Waals surface area contributed by atoms with E-state index in [1.165, 1.54) is 11.3 Å². The highest BCUT2D eigenvalue weighted by atomic mass is 127. The molecule has 3 aromatic heterocycles. The van der Waals surface area contributed by atoms with E-state index in [9.17, 15) is 4.21 Å². The number of allylic oxidation sites excluding steroid dienone is 1. The molecular formula is C22H22IN5O2S2. The van der Waals surface area contributed by atoms with E-state index in [4.69, 9.17) is 15.8 Å². The molecule has 5 rings (SSSR count). The molecule has 0 saturated heterocycles. The Morgan fingerprint density at radius 1 is 1.31 bits per heavy atom. The summed E-state index contributed by atoms with van der Waals surface area (Å²) in [5.41, 5.74) is 10.6. The predicted octanol–water partition coefficient (Wildman–Crippen LogP) is 3.67. The van der Waals surface area contributed by atoms with E-state index in [1.807, 2.05) is 30.5 Å². The predicted molar refractivity (Wildman–Crippen MR) is 142 cm³/mol. The first-order valence-corrected chi connectivity index (χ1v) is 14.7. The lowest BCUT2D eigenvalue weighted by atomic mass is 10.0. The Hall–Kier alpha value is -1.86. The average molecular weight is 579 g/mol. The van der Waals surface area contributed by atoms with E-state index < -0.39 is 31.5 Å².